The molecule has 0 bridgehead atoms. The highest BCUT2D eigenvalue weighted by Gasteiger charge is 2.43. The van der Waals surface area contributed by atoms with Crippen LogP contribution in [0.25, 0.3) is 11.0 Å². The number of fused-ring (bicyclic) bond motifs is 1. The summed E-state index contributed by atoms with van der Waals surface area (Å²) in [6.07, 6.45) is -1.87. The quantitative estimate of drug-likeness (QED) is 0.923. The predicted octanol–water partition coefficient (Wildman–Crippen LogP) is 3.48. The molecule has 0 spiro atoms. The predicted molar refractivity (Wildman–Crippen MR) is 75.6 cm³/mol. The molecule has 3 rings (SSSR count). The number of halogens is 3. The minimum atomic E-state index is -4.22. The second kappa shape index (κ2) is 5.62. The zero-order valence-corrected chi connectivity index (χ0v) is 11.8. The SMILES string of the molecule is O=C(Nn1cnc2ccccc21)[C@H]1CCC[C@H](C(F)(F)F)C1. The van der Waals surface area contributed by atoms with Gasteiger partial charge in [-0.3, -0.25) is 10.2 Å². The number of alkyl halides is 3. The largest absolute Gasteiger partial charge is 0.391 e. The van der Waals surface area contributed by atoms with E-state index in [0.29, 0.717) is 12.8 Å². The third-order valence-electron chi connectivity index (χ3n) is 4.19. The van der Waals surface area contributed by atoms with E-state index >= 15 is 0 Å². The van der Waals surface area contributed by atoms with E-state index < -0.39 is 18.0 Å². The first-order chi connectivity index (χ1) is 10.4. The number of hydrogen-bond donors (Lipinski definition) is 1. The van der Waals surface area contributed by atoms with Crippen molar-refractivity contribution in [3.05, 3.63) is 30.6 Å². The fourth-order valence-corrected chi connectivity index (χ4v) is 2.98. The lowest BCUT2D eigenvalue weighted by atomic mass is 9.80. The van der Waals surface area contributed by atoms with E-state index in [4.69, 9.17) is 0 Å². The van der Waals surface area contributed by atoms with Gasteiger partial charge in [-0.2, -0.15) is 13.2 Å². The number of rotatable bonds is 2. The number of carbonyl (C=O) groups excluding carboxylic acids is 1. The maximum absolute atomic E-state index is 12.8. The molecule has 1 N–H and O–H groups in total. The molecule has 22 heavy (non-hydrogen) atoms. The molecule has 7 heteroatoms. The van der Waals surface area contributed by atoms with Gasteiger partial charge in [0, 0.05) is 5.92 Å². The van der Waals surface area contributed by atoms with Crippen LogP contribution in [0.5, 0.6) is 0 Å². The Kier molecular flexibility index (Phi) is 3.80. The first-order valence-corrected chi connectivity index (χ1v) is 7.25. The average Bonchev–Trinajstić information content (AvgIpc) is 2.90. The van der Waals surface area contributed by atoms with Crippen LogP contribution in [0.2, 0.25) is 0 Å². The summed E-state index contributed by atoms with van der Waals surface area (Å²) in [4.78, 5) is 16.4. The Labute approximate surface area is 125 Å². The number of aromatic nitrogens is 2. The van der Waals surface area contributed by atoms with Gasteiger partial charge in [-0.05, 0) is 31.4 Å². The minimum Gasteiger partial charge on any atom is -0.273 e. The summed E-state index contributed by atoms with van der Waals surface area (Å²) in [5.41, 5.74) is 4.10. The highest BCUT2D eigenvalue weighted by molar-refractivity contribution is 5.88. The van der Waals surface area contributed by atoms with Crippen LogP contribution >= 0.6 is 0 Å². The molecule has 0 unspecified atom stereocenters. The Balaban J connectivity index is 1.71. The maximum atomic E-state index is 12.8. The number of nitrogens with one attached hydrogen (secondary N) is 1. The van der Waals surface area contributed by atoms with Crippen LogP contribution < -0.4 is 5.43 Å². The highest BCUT2D eigenvalue weighted by Crippen LogP contribution is 2.40. The van der Waals surface area contributed by atoms with Crippen molar-refractivity contribution in [2.24, 2.45) is 11.8 Å². The first kappa shape index (κ1) is 14.9. The van der Waals surface area contributed by atoms with Crippen molar-refractivity contribution in [3.8, 4) is 0 Å². The van der Waals surface area contributed by atoms with E-state index in [1.54, 1.807) is 12.1 Å². The Hall–Kier alpha value is -2.05. The zero-order chi connectivity index (χ0) is 15.7. The van der Waals surface area contributed by atoms with Gasteiger partial charge in [0.1, 0.15) is 6.33 Å². The van der Waals surface area contributed by atoms with Crippen LogP contribution in [0.15, 0.2) is 30.6 Å². The second-order valence-electron chi connectivity index (χ2n) is 5.68. The van der Waals surface area contributed by atoms with Crippen molar-refractivity contribution < 1.29 is 18.0 Å². The summed E-state index contributed by atoms with van der Waals surface area (Å²) >= 11 is 0. The van der Waals surface area contributed by atoms with Gasteiger partial charge in [-0.15, -0.1) is 0 Å². The van der Waals surface area contributed by atoms with Crippen LogP contribution in [0.3, 0.4) is 0 Å². The molecule has 1 heterocycles. The number of para-hydroxylation sites is 2. The number of nitrogens with zero attached hydrogens (tertiary/aromatic N) is 2. The summed E-state index contributed by atoms with van der Waals surface area (Å²) in [6, 6.07) is 7.24. The van der Waals surface area contributed by atoms with Crippen molar-refractivity contribution in [1.82, 2.24) is 9.66 Å². The molecular formula is C15H16F3N3O. The van der Waals surface area contributed by atoms with Crippen molar-refractivity contribution >= 4 is 16.9 Å². The number of imidazole rings is 1. The molecule has 2 atom stereocenters. The lowest BCUT2D eigenvalue weighted by Gasteiger charge is -2.29. The number of carbonyl (C=O) groups is 1. The molecule has 1 aromatic carbocycles. The van der Waals surface area contributed by atoms with Crippen LogP contribution in [-0.4, -0.2) is 21.7 Å². The molecule has 1 amide bonds. The van der Waals surface area contributed by atoms with Gasteiger partial charge in [0.25, 0.3) is 0 Å². The van der Waals surface area contributed by atoms with E-state index in [2.05, 4.69) is 10.4 Å². The molecule has 2 aromatic rings. The minimum absolute atomic E-state index is 0.112. The normalized spacial score (nSPS) is 22.7. The van der Waals surface area contributed by atoms with Gasteiger partial charge in [-0.25, -0.2) is 9.66 Å². The van der Waals surface area contributed by atoms with E-state index in [1.807, 2.05) is 12.1 Å². The Morgan fingerprint density at radius 1 is 1.27 bits per heavy atom. The van der Waals surface area contributed by atoms with Crippen LogP contribution in [0, 0.1) is 11.8 Å². The molecule has 0 saturated heterocycles. The second-order valence-corrected chi connectivity index (χ2v) is 5.68. The molecule has 1 fully saturated rings. The molecule has 1 saturated carbocycles. The van der Waals surface area contributed by atoms with Gasteiger partial charge in [0.15, 0.2) is 0 Å². The summed E-state index contributed by atoms with van der Waals surface area (Å²) in [6.45, 7) is 0. The van der Waals surface area contributed by atoms with Crippen LogP contribution in [0.4, 0.5) is 13.2 Å². The summed E-state index contributed by atoms with van der Waals surface area (Å²) < 4.78 is 39.9. The van der Waals surface area contributed by atoms with E-state index in [0.717, 1.165) is 11.0 Å². The van der Waals surface area contributed by atoms with Gasteiger partial charge in [0.2, 0.25) is 5.91 Å². The van der Waals surface area contributed by atoms with Crippen molar-refractivity contribution in [2.45, 2.75) is 31.9 Å². The van der Waals surface area contributed by atoms with E-state index in [9.17, 15) is 18.0 Å². The summed E-state index contributed by atoms with van der Waals surface area (Å²) in [7, 11) is 0. The van der Waals surface area contributed by atoms with Crippen LogP contribution in [-0.2, 0) is 4.79 Å². The standard InChI is InChI=1S/C15H16F3N3O/c16-15(17,18)11-5-3-4-10(8-11)14(22)20-21-9-19-12-6-1-2-7-13(12)21/h1-2,6-7,9-11H,3-5,8H2,(H,20,22)/t10-,11-/m0/s1. The first-order valence-electron chi connectivity index (χ1n) is 7.25. The van der Waals surface area contributed by atoms with Crippen molar-refractivity contribution in [2.75, 3.05) is 5.43 Å². The number of benzene rings is 1. The molecular weight excluding hydrogens is 295 g/mol. The molecule has 4 nitrogen and oxygen atoms in total. The van der Waals surface area contributed by atoms with Gasteiger partial charge < -0.3 is 0 Å². The van der Waals surface area contributed by atoms with Gasteiger partial charge >= 0.3 is 6.18 Å². The maximum Gasteiger partial charge on any atom is 0.391 e. The Morgan fingerprint density at radius 2 is 2.05 bits per heavy atom. The molecule has 0 aliphatic heterocycles. The lowest BCUT2D eigenvalue weighted by Crippen LogP contribution is -2.36. The lowest BCUT2D eigenvalue weighted by molar-refractivity contribution is -0.185. The van der Waals surface area contributed by atoms with Crippen LogP contribution in [0.1, 0.15) is 25.7 Å². The van der Waals surface area contributed by atoms with E-state index in [1.165, 1.54) is 11.0 Å². The monoisotopic (exact) mass is 311 g/mol. The highest BCUT2D eigenvalue weighted by atomic mass is 19.4. The molecule has 1 aliphatic carbocycles. The topological polar surface area (TPSA) is 46.9 Å². The fourth-order valence-electron chi connectivity index (χ4n) is 2.98. The average molecular weight is 311 g/mol. The zero-order valence-electron chi connectivity index (χ0n) is 11.8. The fraction of sp³-hybridized carbons (Fsp3) is 0.467. The summed E-state index contributed by atoms with van der Waals surface area (Å²) in [5, 5.41) is 0. The molecule has 1 aliphatic rings. The van der Waals surface area contributed by atoms with Crippen molar-refractivity contribution in [3.63, 3.8) is 0 Å². The molecule has 0 radical (unpaired) electrons. The third-order valence-corrected chi connectivity index (χ3v) is 4.19. The van der Waals surface area contributed by atoms with Gasteiger partial charge in [0.05, 0.1) is 17.0 Å². The Morgan fingerprint density at radius 3 is 2.82 bits per heavy atom. The number of amides is 1. The Bertz CT molecular complexity index is 680. The number of hydrogen-bond acceptors (Lipinski definition) is 2. The smallest absolute Gasteiger partial charge is 0.273 e. The third kappa shape index (κ3) is 2.93. The molecule has 1 aromatic heterocycles. The van der Waals surface area contributed by atoms with Crippen molar-refractivity contribution in [1.29, 1.82) is 0 Å². The summed E-state index contributed by atoms with van der Waals surface area (Å²) in [5.74, 6) is -2.37. The molecule has 118 valence electrons. The van der Waals surface area contributed by atoms with E-state index in [-0.39, 0.29) is 18.7 Å². The van der Waals surface area contributed by atoms with Gasteiger partial charge in [-0.1, -0.05) is 18.6 Å².